The lowest BCUT2D eigenvalue weighted by atomic mass is 15.8. The maximum Gasteiger partial charge on any atom is 0.761 e. The van der Waals surface area contributed by atoms with Crippen LogP contribution in [0, 0.1) is 0 Å². The maximum atomic E-state index is 8.74. The van der Waals surface area contributed by atoms with Crippen LogP contribution in [-0.4, -0.2) is 18.8 Å². The van der Waals surface area contributed by atoms with E-state index in [2.05, 4.69) is 0 Å². The Hall–Kier alpha value is 0.0469. The first-order valence-electron chi connectivity index (χ1n) is 0.651. The minimum atomic E-state index is -3.13. The normalized spacial score (nSPS) is 4.80. The number of rotatable bonds is 0. The van der Waals surface area contributed by atoms with E-state index >= 15 is 0 Å². The summed E-state index contributed by atoms with van der Waals surface area (Å²) in [5.41, 5.74) is 0. The van der Waals surface area contributed by atoms with Gasteiger partial charge in [-0.1, -0.05) is 0 Å². The quantitative estimate of drug-likeness (QED) is 0.318. The third kappa shape index (κ3) is 7710. The smallest absolute Gasteiger partial charge is 0.511 e. The lowest BCUT2D eigenvalue weighted by Gasteiger charge is -1.55. The van der Waals surface area contributed by atoms with E-state index in [-0.39, 0.29) is 9.90 Å². The van der Waals surface area contributed by atoms with Crippen LogP contribution < -0.4 is 0 Å². The number of hydrogen-bond acceptors (Lipinski definition) is 1. The standard InChI is InChI=1S/H2O3Si.P/c1-4(2)3;/h1-2H;. The highest BCUT2D eigenvalue weighted by molar-refractivity contribution is 6.92. The molecule has 0 saturated carbocycles. The molecule has 0 rings (SSSR count). The van der Waals surface area contributed by atoms with Gasteiger partial charge in [-0.3, -0.25) is 4.46 Å². The summed E-state index contributed by atoms with van der Waals surface area (Å²) in [6.45, 7) is 0. The molecule has 0 saturated heterocycles. The van der Waals surface area contributed by atoms with Crippen molar-refractivity contribution < 1.29 is 14.1 Å². The molecule has 2 N–H and O–H groups in total. The van der Waals surface area contributed by atoms with Crippen LogP contribution in [0.5, 0.6) is 0 Å². The predicted octanol–water partition coefficient (Wildman–Crippen LogP) is -0.752. The molecule has 0 unspecified atom stereocenters. The van der Waals surface area contributed by atoms with Gasteiger partial charge in [0.2, 0.25) is 0 Å². The summed E-state index contributed by atoms with van der Waals surface area (Å²) >= 11 is 0. The Morgan fingerprint density at radius 2 is 1.40 bits per heavy atom. The molecular formula is H2O3PSi. The van der Waals surface area contributed by atoms with Crippen molar-refractivity contribution in [3.63, 3.8) is 0 Å². The summed E-state index contributed by atoms with van der Waals surface area (Å²) in [7, 11) is -3.13. The van der Waals surface area contributed by atoms with Gasteiger partial charge >= 0.3 is 9.17 Å². The van der Waals surface area contributed by atoms with Crippen LogP contribution in [0.2, 0.25) is 0 Å². The minimum Gasteiger partial charge on any atom is -0.511 e. The molecule has 0 atom stereocenters. The van der Waals surface area contributed by atoms with Gasteiger partial charge in [0.25, 0.3) is 0 Å². The molecule has 0 aliphatic rings. The van der Waals surface area contributed by atoms with Gasteiger partial charge in [-0.2, -0.15) is 0 Å². The van der Waals surface area contributed by atoms with E-state index in [0.29, 0.717) is 0 Å². The lowest BCUT2D eigenvalue weighted by Crippen LogP contribution is -1.90. The molecule has 0 aromatic carbocycles. The average molecular weight is 109 g/mol. The van der Waals surface area contributed by atoms with Crippen molar-refractivity contribution in [2.24, 2.45) is 0 Å². The van der Waals surface area contributed by atoms with Gasteiger partial charge in [-0.15, -0.1) is 0 Å². The van der Waals surface area contributed by atoms with Crippen molar-refractivity contribution >= 4 is 19.1 Å². The third-order valence-corrected chi connectivity index (χ3v) is 0. The van der Waals surface area contributed by atoms with Crippen molar-refractivity contribution in [2.45, 2.75) is 0 Å². The summed E-state index contributed by atoms with van der Waals surface area (Å²) in [5, 5.41) is 0. The largest absolute Gasteiger partial charge is 0.761 e. The highest BCUT2D eigenvalue weighted by atomic mass is 31.0. The topological polar surface area (TPSA) is 57.5 Å². The molecule has 3 radical (unpaired) electrons. The molecule has 0 aromatic heterocycles. The predicted molar refractivity (Wildman–Crippen MR) is 17.8 cm³/mol. The van der Waals surface area contributed by atoms with Gasteiger partial charge in [0.05, 0.1) is 0 Å². The highest BCUT2D eigenvalue weighted by Crippen LogP contribution is 1.27. The van der Waals surface area contributed by atoms with E-state index in [0.717, 1.165) is 0 Å². The molecule has 0 heterocycles. The van der Waals surface area contributed by atoms with Crippen molar-refractivity contribution in [1.82, 2.24) is 0 Å². The molecule has 5 heteroatoms. The van der Waals surface area contributed by atoms with E-state index in [1.165, 1.54) is 0 Å². The third-order valence-electron chi connectivity index (χ3n) is 0. The van der Waals surface area contributed by atoms with Crippen LogP contribution in [0.1, 0.15) is 0 Å². The zero-order valence-electron chi connectivity index (χ0n) is 2.25. The van der Waals surface area contributed by atoms with Gasteiger partial charge in [0.1, 0.15) is 0 Å². The zero-order chi connectivity index (χ0) is 3.58. The molecule has 0 aromatic rings. The Kier molecular flexibility index (Phi) is 7.21. The van der Waals surface area contributed by atoms with Crippen LogP contribution in [0.25, 0.3) is 0 Å². The highest BCUT2D eigenvalue weighted by Gasteiger charge is 1.85. The van der Waals surface area contributed by atoms with E-state index < -0.39 is 9.17 Å². The van der Waals surface area contributed by atoms with Crippen LogP contribution >= 0.6 is 9.90 Å². The van der Waals surface area contributed by atoms with Gasteiger partial charge < -0.3 is 9.59 Å². The Morgan fingerprint density at radius 1 is 1.40 bits per heavy atom. The fourth-order valence-electron chi connectivity index (χ4n) is 0. The molecule has 29 valence electrons. The molecule has 0 bridgehead atoms. The van der Waals surface area contributed by atoms with E-state index in [1.54, 1.807) is 0 Å². The molecule has 3 nitrogen and oxygen atoms in total. The monoisotopic (exact) mass is 109 g/mol. The first-order valence-corrected chi connectivity index (χ1v) is 1.95. The molecule has 0 spiro atoms. The van der Waals surface area contributed by atoms with E-state index in [1.807, 2.05) is 0 Å². The zero-order valence-corrected chi connectivity index (χ0v) is 4.14. The second kappa shape index (κ2) is 4.05. The first-order chi connectivity index (χ1) is 1.73. The van der Waals surface area contributed by atoms with Crippen molar-refractivity contribution in [3.8, 4) is 0 Å². The summed E-state index contributed by atoms with van der Waals surface area (Å²) < 4.78 is 8.74. The molecule has 0 aliphatic carbocycles. The summed E-state index contributed by atoms with van der Waals surface area (Å²) in [6.07, 6.45) is 0. The summed E-state index contributed by atoms with van der Waals surface area (Å²) in [6, 6.07) is 0. The van der Waals surface area contributed by atoms with Crippen LogP contribution in [0.4, 0.5) is 0 Å². The molecule has 5 heavy (non-hydrogen) atoms. The fraction of sp³-hybridized carbons (Fsp3) is 0. The summed E-state index contributed by atoms with van der Waals surface area (Å²) in [4.78, 5) is 14.3. The van der Waals surface area contributed by atoms with Gasteiger partial charge in [-0.25, -0.2) is 0 Å². The van der Waals surface area contributed by atoms with Gasteiger partial charge in [-0.05, 0) is 0 Å². The average Bonchev–Trinajstić information content (AvgIpc) is 0.811. The number of hydrogen-bond donors (Lipinski definition) is 2. The Bertz CT molecular complexity index is 29.9. The minimum absolute atomic E-state index is 0. The van der Waals surface area contributed by atoms with Gasteiger partial charge in [0, 0.05) is 9.90 Å². The Balaban J connectivity index is 0. The Morgan fingerprint density at radius 3 is 1.40 bits per heavy atom. The Labute approximate surface area is 34.2 Å². The molecule has 0 fully saturated rings. The molecular weight excluding hydrogens is 107 g/mol. The van der Waals surface area contributed by atoms with Gasteiger partial charge in [0.15, 0.2) is 0 Å². The summed E-state index contributed by atoms with van der Waals surface area (Å²) in [5.74, 6) is 0. The SMILES string of the molecule is O=[Si](O)O.[P]. The second-order valence-corrected chi connectivity index (χ2v) is 0.848. The van der Waals surface area contributed by atoms with Crippen molar-refractivity contribution in [3.05, 3.63) is 0 Å². The van der Waals surface area contributed by atoms with Crippen LogP contribution in [-0.2, 0) is 4.46 Å². The van der Waals surface area contributed by atoms with E-state index in [9.17, 15) is 0 Å². The van der Waals surface area contributed by atoms with Crippen LogP contribution in [0.3, 0.4) is 0 Å². The maximum absolute atomic E-state index is 8.74. The van der Waals surface area contributed by atoms with Crippen LogP contribution in [0.15, 0.2) is 0 Å². The first kappa shape index (κ1) is 8.90. The van der Waals surface area contributed by atoms with Crippen molar-refractivity contribution in [2.75, 3.05) is 0 Å². The van der Waals surface area contributed by atoms with E-state index in [4.69, 9.17) is 14.1 Å². The lowest BCUT2D eigenvalue weighted by molar-refractivity contribution is 0.330. The molecule has 0 aliphatic heterocycles. The fourth-order valence-corrected chi connectivity index (χ4v) is 0. The van der Waals surface area contributed by atoms with Crippen molar-refractivity contribution in [1.29, 1.82) is 0 Å². The molecule has 0 amide bonds. The second-order valence-electron chi connectivity index (χ2n) is 0.283.